The van der Waals surface area contributed by atoms with E-state index in [0.29, 0.717) is 18.1 Å². The number of halogens is 1. The van der Waals surface area contributed by atoms with Crippen LogP contribution in [-0.2, 0) is 4.79 Å². The molecule has 0 unspecified atom stereocenters. The van der Waals surface area contributed by atoms with Gasteiger partial charge in [0.2, 0.25) is 5.91 Å². The second kappa shape index (κ2) is 7.10. The molecule has 1 aliphatic rings. The fourth-order valence-corrected chi connectivity index (χ4v) is 2.83. The fourth-order valence-electron chi connectivity index (χ4n) is 2.71. The second-order valence-corrected chi connectivity index (χ2v) is 6.32. The van der Waals surface area contributed by atoms with Gasteiger partial charge in [-0.1, -0.05) is 29.3 Å². The average Bonchev–Trinajstić information content (AvgIpc) is 2.47. The number of benzene rings is 1. The number of amides is 1. The van der Waals surface area contributed by atoms with Gasteiger partial charge >= 0.3 is 0 Å². The minimum Gasteiger partial charge on any atom is -0.388 e. The third-order valence-electron chi connectivity index (χ3n) is 3.92. The Bertz CT molecular complexity index is 512. The number of carbonyl (C=O) groups is 1. The number of hydrogen-bond donors (Lipinski definition) is 1. The maximum absolute atomic E-state index is 12.0. The van der Waals surface area contributed by atoms with E-state index in [2.05, 4.69) is 0 Å². The summed E-state index contributed by atoms with van der Waals surface area (Å²) in [6, 6.07) is 7.34. The minimum absolute atomic E-state index is 0.0782. The highest BCUT2D eigenvalue weighted by molar-refractivity contribution is 6.30. The number of piperidine rings is 1. The minimum atomic E-state index is -0.483. The van der Waals surface area contributed by atoms with E-state index in [-0.39, 0.29) is 11.8 Å². The van der Waals surface area contributed by atoms with Crippen molar-refractivity contribution in [2.75, 3.05) is 13.1 Å². The Morgan fingerprint density at radius 2 is 1.86 bits per heavy atom. The van der Waals surface area contributed by atoms with E-state index in [9.17, 15) is 9.90 Å². The Kier molecular flexibility index (Phi) is 5.43. The second-order valence-electron chi connectivity index (χ2n) is 5.88. The molecule has 1 atom stereocenters. The van der Waals surface area contributed by atoms with Crippen LogP contribution in [0.5, 0.6) is 0 Å². The van der Waals surface area contributed by atoms with Crippen LogP contribution < -0.4 is 0 Å². The third kappa shape index (κ3) is 4.32. The van der Waals surface area contributed by atoms with Crippen molar-refractivity contribution in [3.05, 3.63) is 46.5 Å². The first-order valence-corrected chi connectivity index (χ1v) is 7.72. The highest BCUT2D eigenvalue weighted by Crippen LogP contribution is 2.31. The smallest absolute Gasteiger partial charge is 0.246 e. The molecule has 1 amide bonds. The molecule has 3 nitrogen and oxygen atoms in total. The molecule has 1 fully saturated rings. The molecule has 1 saturated heterocycles. The lowest BCUT2D eigenvalue weighted by Gasteiger charge is -2.34. The normalized spacial score (nSPS) is 17.4. The van der Waals surface area contributed by atoms with Gasteiger partial charge in [-0.3, -0.25) is 4.79 Å². The third-order valence-corrected chi connectivity index (χ3v) is 4.17. The molecule has 0 spiro atoms. The Labute approximate surface area is 131 Å². The van der Waals surface area contributed by atoms with E-state index in [0.717, 1.165) is 24.0 Å². The first-order valence-electron chi connectivity index (χ1n) is 7.34. The number of allylic oxidation sites excluding steroid dienone is 1. The molecule has 0 bridgehead atoms. The van der Waals surface area contributed by atoms with E-state index in [1.165, 1.54) is 0 Å². The van der Waals surface area contributed by atoms with Gasteiger partial charge in [-0.2, -0.15) is 0 Å². The molecule has 1 aromatic rings. The zero-order valence-corrected chi connectivity index (χ0v) is 13.3. The molecule has 2 rings (SSSR count). The van der Waals surface area contributed by atoms with Crippen LogP contribution in [0.1, 0.15) is 38.4 Å². The molecule has 21 heavy (non-hydrogen) atoms. The lowest BCUT2D eigenvalue weighted by Crippen LogP contribution is -2.39. The maximum atomic E-state index is 12.0. The van der Waals surface area contributed by atoms with Crippen LogP contribution in [0.3, 0.4) is 0 Å². The van der Waals surface area contributed by atoms with Crippen LogP contribution in [0.4, 0.5) is 0 Å². The van der Waals surface area contributed by atoms with Crippen LogP contribution in [0.25, 0.3) is 0 Å². The predicted octanol–water partition coefficient (Wildman–Crippen LogP) is 3.58. The van der Waals surface area contributed by atoms with Gasteiger partial charge in [-0.05, 0) is 50.3 Å². The summed E-state index contributed by atoms with van der Waals surface area (Å²) < 4.78 is 0. The van der Waals surface area contributed by atoms with Gasteiger partial charge < -0.3 is 10.0 Å². The summed E-state index contributed by atoms with van der Waals surface area (Å²) in [6.07, 6.45) is 2.84. The molecule has 0 aromatic heterocycles. The van der Waals surface area contributed by atoms with E-state index in [1.54, 1.807) is 18.2 Å². The standard InChI is InChI=1S/C17H22ClNO2/c1-12(2)11-16(20)19-9-7-14(8-10-19)17(21)13-3-5-15(18)6-4-13/h3-6,11,14,17,21H,7-10H2,1-2H3/t17-/m1/s1. The topological polar surface area (TPSA) is 40.5 Å². The van der Waals surface area contributed by atoms with Crippen LogP contribution >= 0.6 is 11.6 Å². The van der Waals surface area contributed by atoms with Gasteiger partial charge in [0.15, 0.2) is 0 Å². The van der Waals surface area contributed by atoms with Crippen LogP contribution in [0.15, 0.2) is 35.9 Å². The van der Waals surface area contributed by atoms with E-state index < -0.39 is 6.10 Å². The number of aliphatic hydroxyl groups is 1. The van der Waals surface area contributed by atoms with Crippen molar-refractivity contribution < 1.29 is 9.90 Å². The molecule has 0 aliphatic carbocycles. The summed E-state index contributed by atoms with van der Waals surface area (Å²) in [5.41, 5.74) is 1.91. The monoisotopic (exact) mass is 307 g/mol. The Morgan fingerprint density at radius 3 is 2.38 bits per heavy atom. The molecule has 0 radical (unpaired) electrons. The number of carbonyl (C=O) groups excluding carboxylic acids is 1. The quantitative estimate of drug-likeness (QED) is 0.867. The largest absolute Gasteiger partial charge is 0.388 e. The van der Waals surface area contributed by atoms with Gasteiger partial charge in [-0.25, -0.2) is 0 Å². The van der Waals surface area contributed by atoms with Gasteiger partial charge in [0.05, 0.1) is 6.10 Å². The number of likely N-dealkylation sites (tertiary alicyclic amines) is 1. The highest BCUT2D eigenvalue weighted by Gasteiger charge is 2.27. The number of nitrogens with zero attached hydrogens (tertiary/aromatic N) is 1. The molecule has 1 heterocycles. The Balaban J connectivity index is 1.93. The van der Waals surface area contributed by atoms with Crippen molar-refractivity contribution in [2.45, 2.75) is 32.8 Å². The summed E-state index contributed by atoms with van der Waals surface area (Å²) in [5, 5.41) is 11.1. The molecule has 1 aromatic carbocycles. The summed E-state index contributed by atoms with van der Waals surface area (Å²) in [6.45, 7) is 5.26. The van der Waals surface area contributed by atoms with Gasteiger partial charge in [0, 0.05) is 24.2 Å². The zero-order chi connectivity index (χ0) is 15.4. The van der Waals surface area contributed by atoms with Crippen molar-refractivity contribution in [3.8, 4) is 0 Å². The molecule has 114 valence electrons. The number of aliphatic hydroxyl groups excluding tert-OH is 1. The highest BCUT2D eigenvalue weighted by atomic mass is 35.5. The van der Waals surface area contributed by atoms with Crippen LogP contribution in [-0.4, -0.2) is 29.0 Å². The van der Waals surface area contributed by atoms with Crippen LogP contribution in [0, 0.1) is 5.92 Å². The van der Waals surface area contributed by atoms with Crippen molar-refractivity contribution in [3.63, 3.8) is 0 Å². The van der Waals surface area contributed by atoms with Crippen molar-refractivity contribution in [1.29, 1.82) is 0 Å². The van der Waals surface area contributed by atoms with E-state index >= 15 is 0 Å². The Hall–Kier alpha value is -1.32. The lowest BCUT2D eigenvalue weighted by molar-refractivity contribution is -0.128. The van der Waals surface area contributed by atoms with Gasteiger partial charge in [0.1, 0.15) is 0 Å². The molecular formula is C17H22ClNO2. The molecule has 1 aliphatic heterocycles. The van der Waals surface area contributed by atoms with E-state index in [4.69, 9.17) is 11.6 Å². The summed E-state index contributed by atoms with van der Waals surface area (Å²) >= 11 is 5.87. The first kappa shape index (κ1) is 16.1. The Morgan fingerprint density at radius 1 is 1.29 bits per heavy atom. The molecular weight excluding hydrogens is 286 g/mol. The lowest BCUT2D eigenvalue weighted by atomic mass is 9.87. The molecule has 1 N–H and O–H groups in total. The van der Waals surface area contributed by atoms with Crippen LogP contribution in [0.2, 0.25) is 5.02 Å². The first-order chi connectivity index (χ1) is 9.97. The zero-order valence-electron chi connectivity index (χ0n) is 12.6. The SMILES string of the molecule is CC(C)=CC(=O)N1CCC([C@H](O)c2ccc(Cl)cc2)CC1. The maximum Gasteiger partial charge on any atom is 0.246 e. The fraction of sp³-hybridized carbons (Fsp3) is 0.471. The number of hydrogen-bond acceptors (Lipinski definition) is 2. The average molecular weight is 308 g/mol. The van der Waals surface area contributed by atoms with E-state index in [1.807, 2.05) is 30.9 Å². The number of rotatable bonds is 3. The summed E-state index contributed by atoms with van der Waals surface area (Å²) in [4.78, 5) is 13.8. The molecule has 0 saturated carbocycles. The summed E-state index contributed by atoms with van der Waals surface area (Å²) in [5.74, 6) is 0.274. The van der Waals surface area contributed by atoms with Crippen molar-refractivity contribution >= 4 is 17.5 Å². The predicted molar refractivity (Wildman–Crippen MR) is 85.1 cm³/mol. The van der Waals surface area contributed by atoms with Crippen molar-refractivity contribution in [2.24, 2.45) is 5.92 Å². The van der Waals surface area contributed by atoms with Gasteiger partial charge in [0.25, 0.3) is 0 Å². The summed E-state index contributed by atoms with van der Waals surface area (Å²) in [7, 11) is 0. The molecule has 4 heteroatoms. The van der Waals surface area contributed by atoms with Crippen molar-refractivity contribution in [1.82, 2.24) is 4.90 Å². The van der Waals surface area contributed by atoms with Gasteiger partial charge in [-0.15, -0.1) is 0 Å².